The van der Waals surface area contributed by atoms with Crippen LogP contribution in [0.25, 0.3) is 10.6 Å². The van der Waals surface area contributed by atoms with E-state index in [1.54, 1.807) is 12.1 Å². The Bertz CT molecular complexity index is 548. The van der Waals surface area contributed by atoms with Crippen molar-refractivity contribution >= 4 is 17.1 Å². The molecular weight excluding hydrogens is 225 g/mol. The lowest BCUT2D eigenvalue weighted by Crippen LogP contribution is -1.84. The summed E-state index contributed by atoms with van der Waals surface area (Å²) in [7, 11) is 0. The molecule has 0 aliphatic heterocycles. The fraction of sp³-hybridized carbons (Fsp3) is 0.167. The third-order valence-electron chi connectivity index (χ3n) is 2.20. The number of nitrogens with zero attached hydrogens (tertiary/aromatic N) is 1. The van der Waals surface area contributed by atoms with Gasteiger partial charge in [0.1, 0.15) is 10.8 Å². The van der Waals surface area contributed by atoms with Gasteiger partial charge in [-0.3, -0.25) is 4.79 Å². The molecule has 0 unspecified atom stereocenters. The summed E-state index contributed by atoms with van der Waals surface area (Å²) in [4.78, 5) is 15.7. The molecule has 0 spiro atoms. The summed E-state index contributed by atoms with van der Waals surface area (Å²) < 4.78 is 13.5. The maximum absolute atomic E-state index is 13.5. The SMILES string of the molecule is CC(=O)c1cnc(-c2cc(C)ccc2F)s1. The van der Waals surface area contributed by atoms with Crippen LogP contribution in [0.5, 0.6) is 0 Å². The molecule has 0 bridgehead atoms. The van der Waals surface area contributed by atoms with Gasteiger partial charge in [-0.25, -0.2) is 9.37 Å². The Morgan fingerprint density at radius 2 is 2.19 bits per heavy atom. The molecule has 82 valence electrons. The van der Waals surface area contributed by atoms with Crippen molar-refractivity contribution in [1.82, 2.24) is 4.98 Å². The second kappa shape index (κ2) is 4.14. The van der Waals surface area contributed by atoms with Crippen LogP contribution in [-0.2, 0) is 0 Å². The number of Topliss-reactive ketones (excluding diaryl/α,β-unsaturated/α-hetero) is 1. The first-order chi connectivity index (χ1) is 7.58. The van der Waals surface area contributed by atoms with E-state index in [0.717, 1.165) is 5.56 Å². The molecular formula is C12H10FNOS. The van der Waals surface area contributed by atoms with Gasteiger partial charge in [0, 0.05) is 18.7 Å². The minimum Gasteiger partial charge on any atom is -0.294 e. The smallest absolute Gasteiger partial charge is 0.171 e. The molecule has 4 heteroatoms. The molecule has 1 aromatic carbocycles. The zero-order chi connectivity index (χ0) is 11.7. The number of aryl methyl sites for hydroxylation is 1. The van der Waals surface area contributed by atoms with Crippen LogP contribution in [0, 0.1) is 12.7 Å². The Morgan fingerprint density at radius 3 is 2.81 bits per heavy atom. The van der Waals surface area contributed by atoms with Crippen molar-refractivity contribution in [2.75, 3.05) is 0 Å². The summed E-state index contributed by atoms with van der Waals surface area (Å²) in [6, 6.07) is 4.86. The Hall–Kier alpha value is -1.55. The van der Waals surface area contributed by atoms with Gasteiger partial charge in [-0.05, 0) is 19.1 Å². The largest absolute Gasteiger partial charge is 0.294 e. The lowest BCUT2D eigenvalue weighted by atomic mass is 10.1. The summed E-state index contributed by atoms with van der Waals surface area (Å²) in [6.07, 6.45) is 1.49. The minimum absolute atomic E-state index is 0.0446. The van der Waals surface area contributed by atoms with E-state index in [1.807, 2.05) is 6.92 Å². The maximum Gasteiger partial charge on any atom is 0.171 e. The quantitative estimate of drug-likeness (QED) is 0.746. The monoisotopic (exact) mass is 235 g/mol. The Morgan fingerprint density at radius 1 is 1.44 bits per heavy atom. The number of aromatic nitrogens is 1. The molecule has 0 atom stereocenters. The highest BCUT2D eigenvalue weighted by Crippen LogP contribution is 2.28. The number of rotatable bonds is 2. The van der Waals surface area contributed by atoms with Crippen LogP contribution in [0.4, 0.5) is 4.39 Å². The van der Waals surface area contributed by atoms with Crippen molar-refractivity contribution in [3.05, 3.63) is 40.7 Å². The molecule has 1 aromatic heterocycles. The molecule has 0 aliphatic carbocycles. The number of benzene rings is 1. The van der Waals surface area contributed by atoms with Crippen LogP contribution >= 0.6 is 11.3 Å². The van der Waals surface area contributed by atoms with Gasteiger partial charge in [0.15, 0.2) is 5.78 Å². The van der Waals surface area contributed by atoms with Gasteiger partial charge < -0.3 is 0 Å². The molecule has 0 saturated heterocycles. The zero-order valence-electron chi connectivity index (χ0n) is 8.95. The molecule has 0 aliphatic rings. The third kappa shape index (κ3) is 2.02. The molecule has 0 radical (unpaired) electrons. The Kier molecular flexibility index (Phi) is 2.83. The number of hydrogen-bond acceptors (Lipinski definition) is 3. The van der Waals surface area contributed by atoms with Gasteiger partial charge in [0.2, 0.25) is 0 Å². The van der Waals surface area contributed by atoms with Crippen molar-refractivity contribution in [2.45, 2.75) is 13.8 Å². The summed E-state index contributed by atoms with van der Waals surface area (Å²) in [5, 5.41) is 0.548. The van der Waals surface area contributed by atoms with Gasteiger partial charge in [0.25, 0.3) is 0 Å². The first-order valence-electron chi connectivity index (χ1n) is 4.81. The summed E-state index contributed by atoms with van der Waals surface area (Å²) in [6.45, 7) is 3.37. The maximum atomic E-state index is 13.5. The van der Waals surface area contributed by atoms with Crippen molar-refractivity contribution in [3.8, 4) is 10.6 Å². The normalized spacial score (nSPS) is 10.4. The van der Waals surface area contributed by atoms with E-state index in [2.05, 4.69) is 4.98 Å². The van der Waals surface area contributed by atoms with Crippen molar-refractivity contribution in [1.29, 1.82) is 0 Å². The Balaban J connectivity index is 2.50. The van der Waals surface area contributed by atoms with E-state index in [0.29, 0.717) is 15.4 Å². The van der Waals surface area contributed by atoms with Crippen molar-refractivity contribution in [3.63, 3.8) is 0 Å². The van der Waals surface area contributed by atoms with E-state index in [-0.39, 0.29) is 11.6 Å². The van der Waals surface area contributed by atoms with Crippen LogP contribution < -0.4 is 0 Å². The minimum atomic E-state index is -0.310. The van der Waals surface area contributed by atoms with E-state index >= 15 is 0 Å². The lowest BCUT2D eigenvalue weighted by molar-refractivity contribution is 0.102. The standard InChI is InChI=1S/C12H10FNOS/c1-7-3-4-10(13)9(5-7)12-14-6-11(16-12)8(2)15/h3-6H,1-2H3. The van der Waals surface area contributed by atoms with Gasteiger partial charge >= 0.3 is 0 Å². The average molecular weight is 235 g/mol. The first kappa shape index (κ1) is 11.0. The number of halogens is 1. The lowest BCUT2D eigenvalue weighted by Gasteiger charge is -1.99. The highest BCUT2D eigenvalue weighted by Gasteiger charge is 2.11. The predicted octanol–water partition coefficient (Wildman–Crippen LogP) is 3.46. The zero-order valence-corrected chi connectivity index (χ0v) is 9.77. The fourth-order valence-electron chi connectivity index (χ4n) is 1.36. The third-order valence-corrected chi connectivity index (χ3v) is 3.34. The van der Waals surface area contributed by atoms with Crippen molar-refractivity contribution < 1.29 is 9.18 Å². The van der Waals surface area contributed by atoms with Gasteiger partial charge in [-0.2, -0.15) is 0 Å². The van der Waals surface area contributed by atoms with Crippen LogP contribution in [-0.4, -0.2) is 10.8 Å². The summed E-state index contributed by atoms with van der Waals surface area (Å²) >= 11 is 1.22. The molecule has 2 rings (SSSR count). The number of carbonyl (C=O) groups excluding carboxylic acids is 1. The molecule has 0 amide bonds. The molecule has 0 saturated carbocycles. The number of thiazole rings is 1. The first-order valence-corrected chi connectivity index (χ1v) is 5.63. The van der Waals surface area contributed by atoms with Gasteiger partial charge in [-0.15, -0.1) is 11.3 Å². The fourth-order valence-corrected chi connectivity index (χ4v) is 2.19. The Labute approximate surface area is 96.8 Å². The summed E-state index contributed by atoms with van der Waals surface area (Å²) in [5.41, 5.74) is 1.42. The number of hydrogen-bond donors (Lipinski definition) is 0. The molecule has 2 nitrogen and oxygen atoms in total. The van der Waals surface area contributed by atoms with Crippen LogP contribution in [0.3, 0.4) is 0 Å². The highest BCUT2D eigenvalue weighted by molar-refractivity contribution is 7.16. The average Bonchev–Trinajstić information content (AvgIpc) is 2.70. The topological polar surface area (TPSA) is 30.0 Å². The van der Waals surface area contributed by atoms with Gasteiger partial charge in [0.05, 0.1) is 4.88 Å². The van der Waals surface area contributed by atoms with Crippen molar-refractivity contribution in [2.24, 2.45) is 0 Å². The molecule has 0 N–H and O–H groups in total. The van der Waals surface area contributed by atoms with E-state index in [1.165, 1.54) is 30.5 Å². The van der Waals surface area contributed by atoms with Crippen LogP contribution in [0.15, 0.2) is 24.4 Å². The number of ketones is 1. The van der Waals surface area contributed by atoms with Gasteiger partial charge in [-0.1, -0.05) is 11.6 Å². The van der Waals surface area contributed by atoms with Crippen LogP contribution in [0.1, 0.15) is 22.2 Å². The van der Waals surface area contributed by atoms with Crippen LogP contribution in [0.2, 0.25) is 0 Å². The van der Waals surface area contributed by atoms with E-state index in [9.17, 15) is 9.18 Å². The molecule has 0 fully saturated rings. The second-order valence-corrected chi connectivity index (χ2v) is 4.60. The van der Waals surface area contributed by atoms with E-state index in [4.69, 9.17) is 0 Å². The predicted molar refractivity (Wildman–Crippen MR) is 62.2 cm³/mol. The molecule has 2 aromatic rings. The number of carbonyl (C=O) groups is 1. The molecule has 16 heavy (non-hydrogen) atoms. The molecule has 1 heterocycles. The second-order valence-electron chi connectivity index (χ2n) is 3.57. The summed E-state index contributed by atoms with van der Waals surface area (Å²) in [5.74, 6) is -0.355. The highest BCUT2D eigenvalue weighted by atomic mass is 32.1. The van der Waals surface area contributed by atoms with E-state index < -0.39 is 0 Å².